The monoisotopic (exact) mass is 170 g/mol. The van der Waals surface area contributed by atoms with E-state index in [-0.39, 0.29) is 11.2 Å². The van der Waals surface area contributed by atoms with Gasteiger partial charge in [0.2, 0.25) is 5.24 Å². The molecule has 2 heteroatoms. The molecular weight excluding hydrogens is 160 g/mol. The van der Waals surface area contributed by atoms with Gasteiger partial charge in [0.1, 0.15) is 0 Å². The van der Waals surface area contributed by atoms with Gasteiger partial charge in [-0.25, -0.2) is 0 Å². The van der Waals surface area contributed by atoms with Crippen LogP contribution < -0.4 is 0 Å². The van der Waals surface area contributed by atoms with Crippen molar-refractivity contribution in [1.82, 2.24) is 0 Å². The highest BCUT2D eigenvalue weighted by Crippen LogP contribution is 2.01. The molecule has 0 N–H and O–H groups in total. The molecule has 0 rings (SSSR count). The maximum Gasteiger partial charge on any atom is 0.228 e. The normalized spacial score (nSPS) is 14.0. The van der Waals surface area contributed by atoms with Crippen LogP contribution in [0.3, 0.4) is 0 Å². The Morgan fingerprint density at radius 2 is 2.09 bits per heavy atom. The molecule has 1 unspecified atom stereocenters. The minimum atomic E-state index is -0.340. The molecule has 0 aliphatic rings. The van der Waals surface area contributed by atoms with Gasteiger partial charge in [0.25, 0.3) is 0 Å². The van der Waals surface area contributed by atoms with Gasteiger partial charge in [-0.15, -0.1) is 0 Å². The average Bonchev–Trinajstić information content (AvgIpc) is 1.97. The van der Waals surface area contributed by atoms with Crippen LogP contribution >= 0.6 is 11.6 Å². The van der Waals surface area contributed by atoms with Crippen molar-refractivity contribution >= 4 is 16.8 Å². The number of halogens is 1. The fourth-order valence-corrected chi connectivity index (χ4v) is 0.522. The highest BCUT2D eigenvalue weighted by Gasteiger charge is 2.02. The predicted octanol–water partition coefficient (Wildman–Crippen LogP) is 2.69. The summed E-state index contributed by atoms with van der Waals surface area (Å²) in [5, 5.41) is -0.340. The van der Waals surface area contributed by atoms with Gasteiger partial charge < -0.3 is 0 Å². The Bertz CT molecular complexity index is 192. The van der Waals surface area contributed by atoms with Crippen LogP contribution in [0.2, 0.25) is 0 Å². The zero-order chi connectivity index (χ0) is 8.69. The summed E-state index contributed by atoms with van der Waals surface area (Å²) in [7, 11) is 0. The Morgan fingerprint density at radius 1 is 1.45 bits per heavy atom. The van der Waals surface area contributed by atoms with Gasteiger partial charge in [0, 0.05) is 5.92 Å². The zero-order valence-electron chi connectivity index (χ0n) is 6.46. The van der Waals surface area contributed by atoms with Crippen LogP contribution in [-0.4, -0.2) is 5.24 Å². The lowest BCUT2D eigenvalue weighted by molar-refractivity contribution is -0.113. The molecule has 0 heterocycles. The van der Waals surface area contributed by atoms with E-state index in [1.165, 1.54) is 0 Å². The molecule has 60 valence electrons. The quantitative estimate of drug-likeness (QED) is 0.469. The summed E-state index contributed by atoms with van der Waals surface area (Å²) in [6.45, 7) is 5.24. The molecule has 0 aromatic carbocycles. The van der Waals surface area contributed by atoms with Crippen LogP contribution in [0.1, 0.15) is 6.92 Å². The molecule has 0 bridgehead atoms. The molecule has 0 aromatic heterocycles. The second-order valence-electron chi connectivity index (χ2n) is 2.10. The Morgan fingerprint density at radius 3 is 2.55 bits per heavy atom. The minimum Gasteiger partial charge on any atom is -0.281 e. The Kier molecular flexibility index (Phi) is 5.49. The van der Waals surface area contributed by atoms with Gasteiger partial charge in [0.05, 0.1) is 0 Å². The third kappa shape index (κ3) is 5.62. The van der Waals surface area contributed by atoms with Crippen molar-refractivity contribution < 1.29 is 4.79 Å². The molecule has 11 heavy (non-hydrogen) atoms. The molecule has 1 atom stereocenters. The second kappa shape index (κ2) is 5.93. The van der Waals surface area contributed by atoms with Crippen molar-refractivity contribution in [2.45, 2.75) is 6.92 Å². The fourth-order valence-electron chi connectivity index (χ4n) is 0.449. The van der Waals surface area contributed by atoms with Crippen molar-refractivity contribution in [2.75, 3.05) is 0 Å². The highest BCUT2D eigenvalue weighted by atomic mass is 35.5. The summed E-state index contributed by atoms with van der Waals surface area (Å²) >= 11 is 5.21. The van der Waals surface area contributed by atoms with Crippen LogP contribution in [0.5, 0.6) is 0 Å². The fraction of sp³-hybridized carbons (Fsp3) is 0.222. The molecule has 0 radical (unpaired) electrons. The first-order valence-corrected chi connectivity index (χ1v) is 3.71. The Labute approximate surface area is 72.1 Å². The smallest absolute Gasteiger partial charge is 0.228 e. The van der Waals surface area contributed by atoms with Crippen molar-refractivity contribution in [3.05, 3.63) is 37.0 Å². The van der Waals surface area contributed by atoms with Gasteiger partial charge in [-0.2, -0.15) is 0 Å². The molecule has 0 saturated carbocycles. The molecule has 0 saturated heterocycles. The van der Waals surface area contributed by atoms with Crippen molar-refractivity contribution in [2.24, 2.45) is 5.92 Å². The van der Waals surface area contributed by atoms with E-state index in [0.717, 1.165) is 0 Å². The number of hydrogen-bond acceptors (Lipinski definition) is 1. The Hall–Kier alpha value is -0.820. The van der Waals surface area contributed by atoms with Gasteiger partial charge in [-0.3, -0.25) is 4.79 Å². The van der Waals surface area contributed by atoms with E-state index in [0.29, 0.717) is 0 Å². The first-order chi connectivity index (χ1) is 5.18. The molecular formula is C9H11ClO. The van der Waals surface area contributed by atoms with Crippen molar-refractivity contribution in [3.63, 3.8) is 0 Å². The van der Waals surface area contributed by atoms with Gasteiger partial charge in [-0.05, 0) is 11.6 Å². The minimum absolute atomic E-state index is 0.217. The number of carbonyl (C=O) groups is 1. The summed E-state index contributed by atoms with van der Waals surface area (Å²) in [6, 6.07) is 0. The zero-order valence-corrected chi connectivity index (χ0v) is 7.21. The predicted molar refractivity (Wildman–Crippen MR) is 48.5 cm³/mol. The summed E-state index contributed by atoms with van der Waals surface area (Å²) in [6.07, 6.45) is 8.74. The third-order valence-corrected chi connectivity index (χ3v) is 1.46. The summed E-state index contributed by atoms with van der Waals surface area (Å²) in [5.74, 6) is -0.217. The largest absolute Gasteiger partial charge is 0.281 e. The van der Waals surface area contributed by atoms with Crippen LogP contribution in [-0.2, 0) is 4.79 Å². The summed E-state index contributed by atoms with van der Waals surface area (Å²) in [4.78, 5) is 10.5. The lowest BCUT2D eigenvalue weighted by atomic mass is 10.2. The van der Waals surface area contributed by atoms with E-state index in [1.54, 1.807) is 37.3 Å². The molecule has 0 aliphatic heterocycles. The SMILES string of the molecule is C=CC=CC=CC(C)C(=O)Cl. The molecule has 0 fully saturated rings. The van der Waals surface area contributed by atoms with E-state index >= 15 is 0 Å². The highest BCUT2D eigenvalue weighted by molar-refractivity contribution is 6.64. The van der Waals surface area contributed by atoms with E-state index < -0.39 is 0 Å². The Balaban J connectivity index is 3.82. The maximum atomic E-state index is 10.5. The first-order valence-electron chi connectivity index (χ1n) is 3.33. The number of carbonyl (C=O) groups excluding carboxylic acids is 1. The van der Waals surface area contributed by atoms with E-state index in [2.05, 4.69) is 6.58 Å². The average molecular weight is 171 g/mol. The first kappa shape index (κ1) is 10.2. The van der Waals surface area contributed by atoms with Gasteiger partial charge >= 0.3 is 0 Å². The second-order valence-corrected chi connectivity index (χ2v) is 2.47. The van der Waals surface area contributed by atoms with Crippen molar-refractivity contribution in [1.29, 1.82) is 0 Å². The molecule has 0 spiro atoms. The van der Waals surface area contributed by atoms with E-state index in [4.69, 9.17) is 11.6 Å². The number of rotatable bonds is 4. The van der Waals surface area contributed by atoms with Crippen LogP contribution in [0.25, 0.3) is 0 Å². The lowest BCUT2D eigenvalue weighted by Crippen LogP contribution is -1.98. The van der Waals surface area contributed by atoms with Gasteiger partial charge in [-0.1, -0.05) is 43.9 Å². The molecule has 0 amide bonds. The standard InChI is InChI=1S/C9H11ClO/c1-3-4-5-6-7-8(2)9(10)11/h3-8H,1H2,2H3. The third-order valence-electron chi connectivity index (χ3n) is 1.12. The van der Waals surface area contributed by atoms with Crippen LogP contribution in [0, 0.1) is 5.92 Å². The summed E-state index contributed by atoms with van der Waals surface area (Å²) in [5.41, 5.74) is 0. The number of allylic oxidation sites excluding steroid dienone is 5. The summed E-state index contributed by atoms with van der Waals surface area (Å²) < 4.78 is 0. The van der Waals surface area contributed by atoms with E-state index in [9.17, 15) is 4.79 Å². The molecule has 1 nitrogen and oxygen atoms in total. The number of hydrogen-bond donors (Lipinski definition) is 0. The van der Waals surface area contributed by atoms with Crippen LogP contribution in [0.15, 0.2) is 37.0 Å². The topological polar surface area (TPSA) is 17.1 Å². The molecule has 0 aromatic rings. The lowest BCUT2D eigenvalue weighted by Gasteiger charge is -1.93. The van der Waals surface area contributed by atoms with Crippen LogP contribution in [0.4, 0.5) is 0 Å². The van der Waals surface area contributed by atoms with Crippen molar-refractivity contribution in [3.8, 4) is 0 Å². The van der Waals surface area contributed by atoms with E-state index in [1.807, 2.05) is 0 Å². The molecule has 0 aliphatic carbocycles. The maximum absolute atomic E-state index is 10.5. The van der Waals surface area contributed by atoms with Gasteiger partial charge in [0.15, 0.2) is 0 Å².